The lowest BCUT2D eigenvalue weighted by Crippen LogP contribution is -2.46. The van der Waals surface area contributed by atoms with E-state index in [1.54, 1.807) is 20.8 Å². The summed E-state index contributed by atoms with van der Waals surface area (Å²) < 4.78 is 5.39. The molecular formula is C14H21Cl2NO3. The predicted octanol–water partition coefficient (Wildman–Crippen LogP) is 3.27. The first-order valence-electron chi connectivity index (χ1n) is 6.61. The fourth-order valence-corrected chi connectivity index (χ4v) is 2.33. The monoisotopic (exact) mass is 321 g/mol. The zero-order valence-electron chi connectivity index (χ0n) is 12.5. The Labute approximate surface area is 130 Å². The van der Waals surface area contributed by atoms with E-state index in [1.165, 1.54) is 4.90 Å². The Morgan fingerprint density at radius 2 is 1.90 bits per heavy atom. The Hall–Kier alpha value is -0.740. The van der Waals surface area contributed by atoms with Crippen molar-refractivity contribution in [3.63, 3.8) is 0 Å². The van der Waals surface area contributed by atoms with Crippen molar-refractivity contribution in [1.82, 2.24) is 4.90 Å². The largest absolute Gasteiger partial charge is 0.458 e. The van der Waals surface area contributed by atoms with Crippen molar-refractivity contribution in [3.05, 3.63) is 10.1 Å². The smallest absolute Gasteiger partial charge is 0.329 e. The number of ether oxygens (including phenoxy) is 1. The summed E-state index contributed by atoms with van der Waals surface area (Å²) in [5, 5.41) is 0.262. The van der Waals surface area contributed by atoms with E-state index in [9.17, 15) is 9.59 Å². The summed E-state index contributed by atoms with van der Waals surface area (Å²) in [6.07, 6.45) is 0.509. The van der Waals surface area contributed by atoms with Crippen LogP contribution in [0.4, 0.5) is 0 Å². The lowest BCUT2D eigenvalue weighted by molar-refractivity contribution is -0.164. The van der Waals surface area contributed by atoms with Gasteiger partial charge in [-0.1, -0.05) is 37.0 Å². The van der Waals surface area contributed by atoms with Crippen molar-refractivity contribution < 1.29 is 14.3 Å². The minimum atomic E-state index is -0.660. The molecule has 4 nitrogen and oxygen atoms in total. The molecule has 1 aliphatic rings. The van der Waals surface area contributed by atoms with E-state index in [0.717, 1.165) is 0 Å². The lowest BCUT2D eigenvalue weighted by Gasteiger charge is -2.30. The van der Waals surface area contributed by atoms with Gasteiger partial charge in [-0.2, -0.15) is 0 Å². The van der Waals surface area contributed by atoms with Gasteiger partial charge in [0.2, 0.25) is 0 Å². The molecule has 1 atom stereocenters. The van der Waals surface area contributed by atoms with Crippen LogP contribution in [0.3, 0.4) is 0 Å². The maximum absolute atomic E-state index is 12.3. The van der Waals surface area contributed by atoms with Gasteiger partial charge in [-0.05, 0) is 33.1 Å². The van der Waals surface area contributed by atoms with E-state index in [4.69, 9.17) is 27.9 Å². The molecule has 0 N–H and O–H groups in total. The molecule has 6 heteroatoms. The SMILES string of the molecule is CC(C)C[C@@H](C(=O)OC(C)(C)C)N1CC(Cl)=C(Cl)C1=O. The summed E-state index contributed by atoms with van der Waals surface area (Å²) in [6, 6.07) is -0.660. The van der Waals surface area contributed by atoms with Crippen molar-refractivity contribution in [2.24, 2.45) is 5.92 Å². The quantitative estimate of drug-likeness (QED) is 0.746. The van der Waals surface area contributed by atoms with Crippen LogP contribution >= 0.6 is 23.2 Å². The number of carbonyl (C=O) groups excluding carboxylic acids is 2. The summed E-state index contributed by atoms with van der Waals surface area (Å²) >= 11 is 11.7. The standard InChI is InChI=1S/C14H21Cl2NO3/c1-8(2)6-10(13(19)20-14(3,4)5)17-7-9(15)11(16)12(17)18/h8,10H,6-7H2,1-5H3/t10-/m0/s1. The number of amides is 1. The van der Waals surface area contributed by atoms with Gasteiger partial charge in [0.05, 0.1) is 11.6 Å². The average Bonchev–Trinajstić information content (AvgIpc) is 2.51. The molecule has 0 radical (unpaired) electrons. The van der Waals surface area contributed by atoms with Crippen LogP contribution in [0, 0.1) is 5.92 Å². The van der Waals surface area contributed by atoms with Gasteiger partial charge < -0.3 is 9.64 Å². The number of carbonyl (C=O) groups is 2. The average molecular weight is 322 g/mol. The fourth-order valence-electron chi connectivity index (χ4n) is 1.95. The molecule has 0 bridgehead atoms. The zero-order valence-corrected chi connectivity index (χ0v) is 14.0. The van der Waals surface area contributed by atoms with E-state index in [1.807, 2.05) is 13.8 Å². The molecular weight excluding hydrogens is 301 g/mol. The summed E-state index contributed by atoms with van der Waals surface area (Å²) in [4.78, 5) is 25.8. The van der Waals surface area contributed by atoms with Gasteiger partial charge in [0.15, 0.2) is 0 Å². The molecule has 0 fully saturated rings. The molecule has 20 heavy (non-hydrogen) atoms. The first-order valence-corrected chi connectivity index (χ1v) is 7.36. The van der Waals surface area contributed by atoms with Crippen molar-refractivity contribution >= 4 is 35.1 Å². The van der Waals surface area contributed by atoms with Crippen LogP contribution in [0.15, 0.2) is 10.1 Å². The van der Waals surface area contributed by atoms with Gasteiger partial charge in [0, 0.05) is 0 Å². The first kappa shape index (κ1) is 17.3. The molecule has 0 saturated carbocycles. The van der Waals surface area contributed by atoms with E-state index in [-0.39, 0.29) is 22.5 Å². The first-order chi connectivity index (χ1) is 9.03. The van der Waals surface area contributed by atoms with Gasteiger partial charge in [-0.15, -0.1) is 0 Å². The molecule has 0 aromatic rings. The Bertz CT molecular complexity index is 438. The van der Waals surface area contributed by atoms with Gasteiger partial charge in [0.25, 0.3) is 5.91 Å². The van der Waals surface area contributed by atoms with E-state index in [2.05, 4.69) is 0 Å². The van der Waals surface area contributed by atoms with Crippen molar-refractivity contribution in [2.45, 2.75) is 52.7 Å². The van der Waals surface area contributed by atoms with Crippen LogP contribution < -0.4 is 0 Å². The third-order valence-corrected chi connectivity index (χ3v) is 3.54. The Balaban J connectivity index is 2.92. The highest BCUT2D eigenvalue weighted by Crippen LogP contribution is 2.29. The molecule has 0 aliphatic carbocycles. The minimum absolute atomic E-state index is 0.0102. The molecule has 0 saturated heterocycles. The zero-order chi connectivity index (χ0) is 15.7. The predicted molar refractivity (Wildman–Crippen MR) is 79.5 cm³/mol. The summed E-state index contributed by atoms with van der Waals surface area (Å²) in [7, 11) is 0. The molecule has 0 unspecified atom stereocenters. The maximum atomic E-state index is 12.3. The fraction of sp³-hybridized carbons (Fsp3) is 0.714. The number of esters is 1. The van der Waals surface area contributed by atoms with Gasteiger partial charge in [0.1, 0.15) is 16.7 Å². The number of rotatable bonds is 4. The van der Waals surface area contributed by atoms with E-state index >= 15 is 0 Å². The molecule has 0 aromatic carbocycles. The maximum Gasteiger partial charge on any atom is 0.329 e. The van der Waals surface area contributed by atoms with E-state index < -0.39 is 23.5 Å². The van der Waals surface area contributed by atoms with Crippen LogP contribution in [0.5, 0.6) is 0 Å². The summed E-state index contributed by atoms with van der Waals surface area (Å²) in [5.41, 5.74) is -0.601. The van der Waals surface area contributed by atoms with Gasteiger partial charge in [-0.25, -0.2) is 4.79 Å². The number of halogens is 2. The third kappa shape index (κ3) is 4.38. The third-order valence-electron chi connectivity index (χ3n) is 2.75. The van der Waals surface area contributed by atoms with Crippen molar-refractivity contribution in [3.8, 4) is 0 Å². The summed E-state index contributed by atoms with van der Waals surface area (Å²) in [6.45, 7) is 9.50. The molecule has 0 spiro atoms. The molecule has 1 heterocycles. The molecule has 0 aromatic heterocycles. The van der Waals surface area contributed by atoms with E-state index in [0.29, 0.717) is 6.42 Å². The van der Waals surface area contributed by atoms with Crippen LogP contribution in [0.1, 0.15) is 41.0 Å². The highest BCUT2D eigenvalue weighted by atomic mass is 35.5. The van der Waals surface area contributed by atoms with Gasteiger partial charge >= 0.3 is 5.97 Å². The molecule has 114 valence electrons. The molecule has 1 amide bonds. The highest BCUT2D eigenvalue weighted by Gasteiger charge is 2.39. The number of hydrogen-bond acceptors (Lipinski definition) is 3. The van der Waals surface area contributed by atoms with Gasteiger partial charge in [-0.3, -0.25) is 4.79 Å². The van der Waals surface area contributed by atoms with Crippen molar-refractivity contribution in [1.29, 1.82) is 0 Å². The number of nitrogens with zero attached hydrogens (tertiary/aromatic N) is 1. The Morgan fingerprint density at radius 3 is 2.25 bits per heavy atom. The molecule has 1 rings (SSSR count). The van der Waals surface area contributed by atoms with Crippen LogP contribution in [0.2, 0.25) is 0 Å². The normalized spacial score (nSPS) is 18.0. The Morgan fingerprint density at radius 1 is 1.35 bits per heavy atom. The van der Waals surface area contributed by atoms with Crippen LogP contribution in [0.25, 0.3) is 0 Å². The Kier molecular flexibility index (Phi) is 5.50. The number of hydrogen-bond donors (Lipinski definition) is 0. The van der Waals surface area contributed by atoms with Crippen molar-refractivity contribution in [2.75, 3.05) is 6.54 Å². The van der Waals surface area contributed by atoms with Crippen LogP contribution in [-0.4, -0.2) is 35.0 Å². The lowest BCUT2D eigenvalue weighted by atomic mass is 10.0. The second kappa shape index (κ2) is 6.35. The second-order valence-electron chi connectivity index (χ2n) is 6.33. The molecule has 1 aliphatic heterocycles. The summed E-state index contributed by atoms with van der Waals surface area (Å²) in [5.74, 6) is -0.595. The van der Waals surface area contributed by atoms with Crippen LogP contribution in [-0.2, 0) is 14.3 Å². The minimum Gasteiger partial charge on any atom is -0.458 e. The second-order valence-corrected chi connectivity index (χ2v) is 7.16. The highest BCUT2D eigenvalue weighted by molar-refractivity contribution is 6.49. The topological polar surface area (TPSA) is 46.6 Å².